The molecule has 0 atom stereocenters. The van der Waals surface area contributed by atoms with Crippen molar-refractivity contribution in [3.63, 3.8) is 0 Å². The van der Waals surface area contributed by atoms with Crippen LogP contribution in [0.15, 0.2) is 165 Å². The van der Waals surface area contributed by atoms with Gasteiger partial charge in [0.2, 0.25) is 5.89 Å². The van der Waals surface area contributed by atoms with E-state index >= 15 is 0 Å². The van der Waals surface area contributed by atoms with Crippen LogP contribution in [0.1, 0.15) is 0 Å². The second-order valence-electron chi connectivity index (χ2n) is 13.4. The molecule has 51 heavy (non-hydrogen) atoms. The molecule has 4 nitrogen and oxygen atoms in total. The van der Waals surface area contributed by atoms with E-state index in [1.54, 1.807) is 0 Å². The third-order valence-corrected chi connectivity index (χ3v) is 10.7. The fourth-order valence-electron chi connectivity index (χ4n) is 8.44. The van der Waals surface area contributed by atoms with Gasteiger partial charge in [0, 0.05) is 38.2 Å². The predicted molar refractivity (Wildman–Crippen MR) is 209 cm³/mol. The number of hydrogen-bond acceptors (Lipinski definition) is 4. The third-order valence-electron chi connectivity index (χ3n) is 10.7. The van der Waals surface area contributed by atoms with Gasteiger partial charge in [-0.3, -0.25) is 0 Å². The van der Waals surface area contributed by atoms with Gasteiger partial charge in [-0.05, 0) is 73.8 Å². The van der Waals surface area contributed by atoms with Crippen LogP contribution in [-0.2, 0) is 0 Å². The lowest BCUT2D eigenvalue weighted by molar-refractivity contribution is 0.620. The molecule has 0 aliphatic heterocycles. The molecule has 12 aromatic rings. The lowest BCUT2D eigenvalue weighted by Crippen LogP contribution is -1.93. The summed E-state index contributed by atoms with van der Waals surface area (Å²) in [4.78, 5) is 5.01. The van der Waals surface area contributed by atoms with Gasteiger partial charge in [0.25, 0.3) is 0 Å². The molecule has 0 fully saturated rings. The summed E-state index contributed by atoms with van der Waals surface area (Å²) in [5.74, 6) is 0.597. The highest BCUT2D eigenvalue weighted by Gasteiger charge is 2.23. The summed E-state index contributed by atoms with van der Waals surface area (Å²) in [5, 5.41) is 11.4. The van der Waals surface area contributed by atoms with Gasteiger partial charge in [-0.1, -0.05) is 121 Å². The number of fused-ring (bicyclic) bond motifs is 7. The van der Waals surface area contributed by atoms with Gasteiger partial charge in [0.15, 0.2) is 5.58 Å². The van der Waals surface area contributed by atoms with Crippen LogP contribution in [0.5, 0.6) is 0 Å². The zero-order valence-electron chi connectivity index (χ0n) is 27.1. The summed E-state index contributed by atoms with van der Waals surface area (Å²) in [6.07, 6.45) is 0. The number of aromatic nitrogens is 1. The highest BCUT2D eigenvalue weighted by atomic mass is 16.3. The molecule has 0 amide bonds. The van der Waals surface area contributed by atoms with Gasteiger partial charge >= 0.3 is 0 Å². The zero-order valence-corrected chi connectivity index (χ0v) is 27.1. The van der Waals surface area contributed by atoms with Crippen LogP contribution in [0.2, 0.25) is 0 Å². The summed E-state index contributed by atoms with van der Waals surface area (Å²) < 4.78 is 19.7. The van der Waals surface area contributed by atoms with Gasteiger partial charge < -0.3 is 13.3 Å². The summed E-state index contributed by atoms with van der Waals surface area (Å²) >= 11 is 0. The van der Waals surface area contributed by atoms with Crippen LogP contribution in [-0.4, -0.2) is 4.98 Å². The van der Waals surface area contributed by atoms with Crippen molar-refractivity contribution in [3.8, 4) is 33.7 Å². The molecule has 0 saturated heterocycles. The Bertz CT molecular complexity index is 3340. The molecule has 0 radical (unpaired) electrons. The Kier molecular flexibility index (Phi) is 5.20. The second kappa shape index (κ2) is 9.84. The zero-order chi connectivity index (χ0) is 33.2. The van der Waals surface area contributed by atoms with Crippen molar-refractivity contribution in [2.45, 2.75) is 0 Å². The van der Waals surface area contributed by atoms with E-state index in [1.807, 2.05) is 48.5 Å². The van der Waals surface area contributed by atoms with E-state index in [-0.39, 0.29) is 0 Å². The summed E-state index contributed by atoms with van der Waals surface area (Å²) in [7, 11) is 0. The maximum absolute atomic E-state index is 6.62. The van der Waals surface area contributed by atoms with E-state index in [0.717, 1.165) is 93.6 Å². The van der Waals surface area contributed by atoms with Crippen LogP contribution in [0.4, 0.5) is 0 Å². The number of oxazole rings is 1. The minimum absolute atomic E-state index is 0.597. The minimum Gasteiger partial charge on any atom is -0.455 e. The molecule has 3 heterocycles. The van der Waals surface area contributed by atoms with Crippen molar-refractivity contribution in [2.24, 2.45) is 0 Å². The molecule has 3 aromatic heterocycles. The predicted octanol–water partition coefficient (Wildman–Crippen LogP) is 13.5. The van der Waals surface area contributed by atoms with Crippen molar-refractivity contribution in [3.05, 3.63) is 152 Å². The van der Waals surface area contributed by atoms with Crippen LogP contribution in [0, 0.1) is 0 Å². The standard InChI is InChI=1S/C47H25NO3/c1-4-16-40-28(9-1)34-12-7-11-33(45(34)49-40)27-21-19-26-20-22-31-37(36-14-8-13-35-29-10-2-5-17-41(29)50-46(35)36)25-38(32-24-23-30(27)43(26)44(31)32)47-48-39-15-3-6-18-42(39)51-47/h1-25H. The Hall–Kier alpha value is -6.91. The lowest BCUT2D eigenvalue weighted by atomic mass is 9.85. The van der Waals surface area contributed by atoms with Gasteiger partial charge in [-0.2, -0.15) is 0 Å². The van der Waals surface area contributed by atoms with Crippen molar-refractivity contribution in [1.29, 1.82) is 0 Å². The highest BCUT2D eigenvalue weighted by Crippen LogP contribution is 2.48. The normalized spacial score (nSPS) is 12.3. The van der Waals surface area contributed by atoms with E-state index in [4.69, 9.17) is 18.2 Å². The van der Waals surface area contributed by atoms with E-state index in [2.05, 4.69) is 103 Å². The Labute approximate surface area is 290 Å². The number of nitrogens with zero attached hydrogens (tertiary/aromatic N) is 1. The first-order valence-electron chi connectivity index (χ1n) is 17.2. The number of para-hydroxylation sites is 6. The molecule has 0 aliphatic rings. The molecule has 0 bridgehead atoms. The van der Waals surface area contributed by atoms with Crippen LogP contribution >= 0.6 is 0 Å². The minimum atomic E-state index is 0.597. The van der Waals surface area contributed by atoms with E-state index < -0.39 is 0 Å². The maximum Gasteiger partial charge on any atom is 0.227 e. The third kappa shape index (κ3) is 3.65. The second-order valence-corrected chi connectivity index (χ2v) is 13.4. The molecular weight excluding hydrogens is 627 g/mol. The van der Waals surface area contributed by atoms with E-state index in [9.17, 15) is 0 Å². The quantitative estimate of drug-likeness (QED) is 0.178. The molecule has 4 heteroatoms. The number of benzene rings is 9. The Morgan fingerprint density at radius 1 is 0.333 bits per heavy atom. The fraction of sp³-hybridized carbons (Fsp3) is 0. The largest absolute Gasteiger partial charge is 0.455 e. The average molecular weight is 652 g/mol. The molecule has 0 saturated carbocycles. The van der Waals surface area contributed by atoms with Crippen LogP contribution in [0.25, 0.3) is 121 Å². The molecule has 0 spiro atoms. The summed E-state index contributed by atoms with van der Waals surface area (Å²) in [6, 6.07) is 53.1. The molecule has 236 valence electrons. The van der Waals surface area contributed by atoms with Crippen LogP contribution < -0.4 is 0 Å². The van der Waals surface area contributed by atoms with Crippen molar-refractivity contribution in [2.75, 3.05) is 0 Å². The number of furan rings is 2. The van der Waals surface area contributed by atoms with Crippen molar-refractivity contribution < 1.29 is 13.3 Å². The fourth-order valence-corrected chi connectivity index (χ4v) is 8.44. The number of hydrogen-bond donors (Lipinski definition) is 0. The van der Waals surface area contributed by atoms with Crippen molar-refractivity contribution >= 4 is 87.3 Å². The Morgan fingerprint density at radius 2 is 0.882 bits per heavy atom. The van der Waals surface area contributed by atoms with Crippen LogP contribution in [0.3, 0.4) is 0 Å². The van der Waals surface area contributed by atoms with Gasteiger partial charge in [-0.25, -0.2) is 4.98 Å². The average Bonchev–Trinajstić information content (AvgIpc) is 3.90. The lowest BCUT2D eigenvalue weighted by Gasteiger charge is -2.18. The summed E-state index contributed by atoms with van der Waals surface area (Å²) in [5.41, 5.74) is 10.4. The Morgan fingerprint density at radius 3 is 1.59 bits per heavy atom. The SMILES string of the molecule is c1ccc2oc(-c3cc(-c4cccc5c4oc4ccccc45)c4ccc5ccc(-c6cccc7c6oc6ccccc67)c6ccc3c4c56)nc2c1. The molecule has 0 N–H and O–H groups in total. The number of rotatable bonds is 3. The molecule has 0 unspecified atom stereocenters. The highest BCUT2D eigenvalue weighted by molar-refractivity contribution is 6.31. The van der Waals surface area contributed by atoms with Gasteiger partial charge in [0.05, 0.1) is 0 Å². The summed E-state index contributed by atoms with van der Waals surface area (Å²) in [6.45, 7) is 0. The van der Waals surface area contributed by atoms with Gasteiger partial charge in [-0.15, -0.1) is 0 Å². The monoisotopic (exact) mass is 651 g/mol. The molecule has 0 aliphatic carbocycles. The smallest absolute Gasteiger partial charge is 0.227 e. The molecular formula is C47H25NO3. The van der Waals surface area contributed by atoms with E-state index in [1.165, 1.54) is 21.5 Å². The topological polar surface area (TPSA) is 52.3 Å². The maximum atomic E-state index is 6.62. The first-order chi connectivity index (χ1) is 25.3. The molecule has 9 aromatic carbocycles. The Balaban J connectivity index is 1.22. The first-order valence-corrected chi connectivity index (χ1v) is 17.2. The van der Waals surface area contributed by atoms with E-state index in [0.29, 0.717) is 5.89 Å². The van der Waals surface area contributed by atoms with Crippen molar-refractivity contribution in [1.82, 2.24) is 4.98 Å². The van der Waals surface area contributed by atoms with Gasteiger partial charge in [0.1, 0.15) is 27.8 Å². The first kappa shape index (κ1) is 27.0. The molecule has 12 rings (SSSR count).